The molecule has 0 radical (unpaired) electrons. The van der Waals surface area contributed by atoms with Crippen LogP contribution in [-0.4, -0.2) is 62.3 Å². The van der Waals surface area contributed by atoms with Crippen molar-refractivity contribution in [3.05, 3.63) is 65.7 Å². The van der Waals surface area contributed by atoms with Crippen molar-refractivity contribution < 1.29 is 18.0 Å². The average Bonchev–Trinajstić information content (AvgIpc) is 2.82. The number of nitrogens with one attached hydrogen (secondary N) is 2. The second kappa shape index (κ2) is 11.7. The van der Waals surface area contributed by atoms with E-state index in [4.69, 9.17) is 0 Å². The van der Waals surface area contributed by atoms with Gasteiger partial charge in [0.25, 0.3) is 5.91 Å². The summed E-state index contributed by atoms with van der Waals surface area (Å²) in [5, 5.41) is 3.07. The van der Waals surface area contributed by atoms with Crippen LogP contribution < -0.4 is 10.0 Å². The number of hydrogen-bond acceptors (Lipinski definition) is 5. The van der Waals surface area contributed by atoms with Crippen LogP contribution in [0.2, 0.25) is 0 Å². The van der Waals surface area contributed by atoms with Crippen molar-refractivity contribution >= 4 is 33.6 Å². The van der Waals surface area contributed by atoms with Gasteiger partial charge in [-0.05, 0) is 62.0 Å². The lowest BCUT2D eigenvalue weighted by atomic mass is 10.0. The molecule has 2 aromatic carbocycles. The molecule has 1 heterocycles. The summed E-state index contributed by atoms with van der Waals surface area (Å²) in [6, 6.07) is 14.7. The van der Waals surface area contributed by atoms with E-state index < -0.39 is 16.1 Å². The van der Waals surface area contributed by atoms with E-state index in [2.05, 4.69) is 10.0 Å². The van der Waals surface area contributed by atoms with Crippen LogP contribution in [0.15, 0.2) is 59.5 Å². The number of benzene rings is 2. The molecule has 1 fully saturated rings. The molecule has 2 amide bonds. The molecule has 0 saturated carbocycles. The Morgan fingerprint density at radius 2 is 1.70 bits per heavy atom. The highest BCUT2D eigenvalue weighted by Crippen LogP contribution is 2.17. The first-order chi connectivity index (χ1) is 15.8. The molecule has 0 aromatic heterocycles. The van der Waals surface area contributed by atoms with E-state index in [1.807, 2.05) is 31.4 Å². The van der Waals surface area contributed by atoms with E-state index in [0.717, 1.165) is 5.56 Å². The smallest absolute Gasteiger partial charge is 0.251 e. The Hall–Kier alpha value is -2.36. The number of nitrogens with zero attached hydrogens (tertiary/aromatic N) is 1. The molecule has 2 aromatic rings. The van der Waals surface area contributed by atoms with E-state index in [9.17, 15) is 18.0 Å². The lowest BCUT2D eigenvalue weighted by molar-refractivity contribution is -0.134. The Morgan fingerprint density at radius 3 is 2.33 bits per heavy atom. The van der Waals surface area contributed by atoms with E-state index in [1.165, 1.54) is 12.1 Å². The van der Waals surface area contributed by atoms with E-state index in [0.29, 0.717) is 43.7 Å². The van der Waals surface area contributed by atoms with Crippen LogP contribution in [-0.2, 0) is 14.8 Å². The van der Waals surface area contributed by atoms with Crippen molar-refractivity contribution in [2.75, 3.05) is 25.1 Å². The van der Waals surface area contributed by atoms with Crippen LogP contribution in [0.1, 0.15) is 35.2 Å². The van der Waals surface area contributed by atoms with Gasteiger partial charge in [0.15, 0.2) is 0 Å². The Bertz CT molecular complexity index is 1050. The predicted molar refractivity (Wildman–Crippen MR) is 132 cm³/mol. The highest BCUT2D eigenvalue weighted by molar-refractivity contribution is 7.98. The zero-order valence-corrected chi connectivity index (χ0v) is 20.6. The van der Waals surface area contributed by atoms with Crippen LogP contribution in [0, 0.1) is 6.92 Å². The molecular formula is C24H31N3O4S2. The Balaban J connectivity index is 1.60. The molecule has 178 valence electrons. The van der Waals surface area contributed by atoms with Crippen molar-refractivity contribution in [2.24, 2.45) is 0 Å². The molecule has 0 bridgehead atoms. The largest absolute Gasteiger partial charge is 0.349 e. The number of carbonyl (C=O) groups is 2. The Kier molecular flexibility index (Phi) is 8.94. The SMILES string of the molecule is CSCCC(NS(=O)(=O)c1ccccc1)C(=O)N1CCC(NC(=O)c2ccccc2C)CC1. The number of likely N-dealkylation sites (tertiary alicyclic amines) is 1. The highest BCUT2D eigenvalue weighted by Gasteiger charge is 2.31. The van der Waals surface area contributed by atoms with Crippen molar-refractivity contribution in [1.29, 1.82) is 0 Å². The van der Waals surface area contributed by atoms with Crippen LogP contribution in [0.3, 0.4) is 0 Å². The number of aryl methyl sites for hydroxylation is 1. The maximum absolute atomic E-state index is 13.2. The lowest BCUT2D eigenvalue weighted by Gasteiger charge is -2.34. The minimum absolute atomic E-state index is 0.0215. The second-order valence-electron chi connectivity index (χ2n) is 8.16. The molecule has 1 unspecified atom stereocenters. The molecule has 9 heteroatoms. The number of rotatable bonds is 9. The van der Waals surface area contributed by atoms with Crippen LogP contribution in [0.25, 0.3) is 0 Å². The van der Waals surface area contributed by atoms with Gasteiger partial charge in [-0.15, -0.1) is 0 Å². The fourth-order valence-electron chi connectivity index (χ4n) is 3.88. The van der Waals surface area contributed by atoms with Gasteiger partial charge in [0.2, 0.25) is 15.9 Å². The van der Waals surface area contributed by atoms with Crippen LogP contribution in [0.5, 0.6) is 0 Å². The van der Waals surface area contributed by atoms with Gasteiger partial charge >= 0.3 is 0 Å². The van der Waals surface area contributed by atoms with Gasteiger partial charge in [-0.25, -0.2) is 8.42 Å². The van der Waals surface area contributed by atoms with Gasteiger partial charge in [-0.2, -0.15) is 16.5 Å². The quantitative estimate of drug-likeness (QED) is 0.565. The third kappa shape index (κ3) is 6.82. The van der Waals surface area contributed by atoms with Crippen molar-refractivity contribution in [3.8, 4) is 0 Å². The number of hydrogen-bond donors (Lipinski definition) is 2. The summed E-state index contributed by atoms with van der Waals surface area (Å²) in [6.07, 6.45) is 3.60. The first-order valence-electron chi connectivity index (χ1n) is 11.0. The number of piperidine rings is 1. The number of amides is 2. The molecule has 1 atom stereocenters. The van der Waals surface area contributed by atoms with Crippen molar-refractivity contribution in [2.45, 2.75) is 43.2 Å². The maximum atomic E-state index is 13.2. The molecule has 0 spiro atoms. The van der Waals surface area contributed by atoms with E-state index >= 15 is 0 Å². The van der Waals surface area contributed by atoms with E-state index in [-0.39, 0.29) is 22.8 Å². The van der Waals surface area contributed by atoms with Gasteiger partial charge in [-0.1, -0.05) is 36.4 Å². The third-order valence-electron chi connectivity index (χ3n) is 5.79. The summed E-state index contributed by atoms with van der Waals surface area (Å²) in [6.45, 7) is 2.85. The number of carbonyl (C=O) groups excluding carboxylic acids is 2. The Labute approximate surface area is 200 Å². The molecule has 3 rings (SSSR count). The molecule has 0 aliphatic carbocycles. The summed E-state index contributed by atoms with van der Waals surface area (Å²) in [7, 11) is -3.80. The third-order valence-corrected chi connectivity index (χ3v) is 7.92. The fraction of sp³-hybridized carbons (Fsp3) is 0.417. The topological polar surface area (TPSA) is 95.6 Å². The van der Waals surface area contributed by atoms with Crippen molar-refractivity contribution in [1.82, 2.24) is 14.9 Å². The summed E-state index contributed by atoms with van der Waals surface area (Å²) in [5.74, 6) is 0.343. The second-order valence-corrected chi connectivity index (χ2v) is 10.9. The standard InChI is InChI=1S/C24H31N3O4S2/c1-18-8-6-7-11-21(18)23(28)25-19-12-15-27(16-13-19)24(29)22(14-17-32-2)26-33(30,31)20-9-4-3-5-10-20/h3-11,19,22,26H,12-17H2,1-2H3,(H,25,28). The minimum Gasteiger partial charge on any atom is -0.349 e. The molecule has 33 heavy (non-hydrogen) atoms. The lowest BCUT2D eigenvalue weighted by Crippen LogP contribution is -2.53. The minimum atomic E-state index is -3.80. The average molecular weight is 490 g/mol. The molecular weight excluding hydrogens is 458 g/mol. The summed E-state index contributed by atoms with van der Waals surface area (Å²) in [5.41, 5.74) is 1.58. The molecule has 1 aliphatic heterocycles. The number of sulfonamides is 1. The molecule has 1 aliphatic rings. The molecule has 1 saturated heterocycles. The van der Waals surface area contributed by atoms with Gasteiger partial charge < -0.3 is 10.2 Å². The highest BCUT2D eigenvalue weighted by atomic mass is 32.2. The summed E-state index contributed by atoms with van der Waals surface area (Å²) in [4.78, 5) is 27.7. The van der Waals surface area contributed by atoms with Gasteiger partial charge in [0.1, 0.15) is 6.04 Å². The van der Waals surface area contributed by atoms with Crippen LogP contribution in [0.4, 0.5) is 0 Å². The van der Waals surface area contributed by atoms with Gasteiger partial charge in [0.05, 0.1) is 4.90 Å². The zero-order chi connectivity index (χ0) is 23.8. The van der Waals surface area contributed by atoms with Crippen LogP contribution >= 0.6 is 11.8 Å². The summed E-state index contributed by atoms with van der Waals surface area (Å²) < 4.78 is 28.2. The maximum Gasteiger partial charge on any atom is 0.251 e. The normalized spacial score (nSPS) is 15.8. The number of thioether (sulfide) groups is 1. The summed E-state index contributed by atoms with van der Waals surface area (Å²) >= 11 is 1.57. The monoisotopic (exact) mass is 489 g/mol. The fourth-order valence-corrected chi connectivity index (χ4v) is 5.60. The zero-order valence-electron chi connectivity index (χ0n) is 19.0. The van der Waals surface area contributed by atoms with Gasteiger partial charge in [-0.3, -0.25) is 9.59 Å². The first kappa shape index (κ1) is 25.3. The van der Waals surface area contributed by atoms with Crippen molar-refractivity contribution in [3.63, 3.8) is 0 Å². The molecule has 2 N–H and O–H groups in total. The molecule has 7 nitrogen and oxygen atoms in total. The Morgan fingerprint density at radius 1 is 1.06 bits per heavy atom. The predicted octanol–water partition coefficient (Wildman–Crippen LogP) is 2.82. The van der Waals surface area contributed by atoms with Gasteiger partial charge in [0, 0.05) is 24.7 Å². The first-order valence-corrected chi connectivity index (χ1v) is 13.9. The van der Waals surface area contributed by atoms with E-state index in [1.54, 1.807) is 40.9 Å².